The Hall–Kier alpha value is -2.34. The fraction of sp³-hybridized carbons (Fsp3) is 0.474. The number of urea groups is 1. The van der Waals surface area contributed by atoms with Crippen molar-refractivity contribution in [2.45, 2.75) is 25.9 Å². The second-order valence-corrected chi connectivity index (χ2v) is 6.52. The zero-order valence-electron chi connectivity index (χ0n) is 14.9. The Morgan fingerprint density at radius 1 is 1.36 bits per heavy atom. The molecule has 1 saturated heterocycles. The summed E-state index contributed by atoms with van der Waals surface area (Å²) in [5, 5.41) is 7.34. The fourth-order valence-corrected chi connectivity index (χ4v) is 3.21. The number of aromatic nitrogens is 2. The molecule has 2 heterocycles. The second-order valence-electron chi connectivity index (χ2n) is 6.52. The van der Waals surface area contributed by atoms with E-state index in [4.69, 9.17) is 4.74 Å². The molecule has 6 heteroatoms. The Morgan fingerprint density at radius 3 is 2.88 bits per heavy atom. The number of benzene rings is 1. The van der Waals surface area contributed by atoms with Gasteiger partial charge in [0.25, 0.3) is 0 Å². The number of nitrogens with one attached hydrogen (secondary N) is 1. The second kappa shape index (κ2) is 8.16. The van der Waals surface area contributed by atoms with Crippen molar-refractivity contribution in [1.82, 2.24) is 20.0 Å². The van der Waals surface area contributed by atoms with Gasteiger partial charge < -0.3 is 15.0 Å². The molecule has 0 radical (unpaired) electrons. The summed E-state index contributed by atoms with van der Waals surface area (Å²) in [7, 11) is 1.91. The van der Waals surface area contributed by atoms with E-state index in [-0.39, 0.29) is 12.1 Å². The molecular weight excluding hydrogens is 316 g/mol. The van der Waals surface area contributed by atoms with Gasteiger partial charge in [-0.15, -0.1) is 0 Å². The predicted molar refractivity (Wildman–Crippen MR) is 96.5 cm³/mol. The number of aryl methyl sites for hydroxylation is 2. The lowest BCUT2D eigenvalue weighted by Crippen LogP contribution is -2.50. The van der Waals surface area contributed by atoms with Crippen LogP contribution in [0.15, 0.2) is 36.5 Å². The van der Waals surface area contributed by atoms with Gasteiger partial charge in [0.2, 0.25) is 0 Å². The van der Waals surface area contributed by atoms with Crippen LogP contribution in [0, 0.1) is 6.92 Å². The minimum absolute atomic E-state index is 0.0112. The van der Waals surface area contributed by atoms with Gasteiger partial charge in [-0.05, 0) is 24.5 Å². The molecular formula is C19H26N4O2. The van der Waals surface area contributed by atoms with Gasteiger partial charge in [0.15, 0.2) is 0 Å². The van der Waals surface area contributed by atoms with Gasteiger partial charge in [0.1, 0.15) is 0 Å². The first-order chi connectivity index (χ1) is 12.1. The van der Waals surface area contributed by atoms with Gasteiger partial charge in [-0.2, -0.15) is 5.10 Å². The van der Waals surface area contributed by atoms with E-state index in [2.05, 4.69) is 22.5 Å². The van der Waals surface area contributed by atoms with Crippen molar-refractivity contribution in [3.63, 3.8) is 0 Å². The number of morpholine rings is 1. The largest absolute Gasteiger partial charge is 0.374 e. The Bertz CT molecular complexity index is 699. The van der Waals surface area contributed by atoms with E-state index in [0.29, 0.717) is 26.2 Å². The molecule has 0 saturated carbocycles. The van der Waals surface area contributed by atoms with Crippen LogP contribution in [0.25, 0.3) is 0 Å². The summed E-state index contributed by atoms with van der Waals surface area (Å²) >= 11 is 0. The average molecular weight is 342 g/mol. The highest BCUT2D eigenvalue weighted by atomic mass is 16.5. The van der Waals surface area contributed by atoms with E-state index in [1.807, 2.05) is 47.9 Å². The van der Waals surface area contributed by atoms with Crippen molar-refractivity contribution in [3.8, 4) is 0 Å². The van der Waals surface area contributed by atoms with Crippen LogP contribution in [0.2, 0.25) is 0 Å². The summed E-state index contributed by atoms with van der Waals surface area (Å²) in [4.78, 5) is 14.3. The van der Waals surface area contributed by atoms with Gasteiger partial charge in [-0.3, -0.25) is 4.68 Å². The van der Waals surface area contributed by atoms with Crippen molar-refractivity contribution in [3.05, 3.63) is 53.3 Å². The van der Waals surface area contributed by atoms with Gasteiger partial charge in [-0.1, -0.05) is 30.3 Å². The van der Waals surface area contributed by atoms with Crippen LogP contribution >= 0.6 is 0 Å². The van der Waals surface area contributed by atoms with E-state index in [1.54, 1.807) is 0 Å². The van der Waals surface area contributed by atoms with Crippen molar-refractivity contribution < 1.29 is 9.53 Å². The van der Waals surface area contributed by atoms with Crippen molar-refractivity contribution in [2.75, 3.05) is 26.2 Å². The lowest BCUT2D eigenvalue weighted by Gasteiger charge is -2.33. The van der Waals surface area contributed by atoms with E-state index < -0.39 is 0 Å². The number of rotatable bonds is 5. The molecule has 1 aliphatic rings. The third kappa shape index (κ3) is 4.82. The van der Waals surface area contributed by atoms with Gasteiger partial charge >= 0.3 is 6.03 Å². The molecule has 1 fully saturated rings. The van der Waals surface area contributed by atoms with Gasteiger partial charge in [-0.25, -0.2) is 4.79 Å². The van der Waals surface area contributed by atoms with Crippen molar-refractivity contribution >= 4 is 6.03 Å². The zero-order valence-corrected chi connectivity index (χ0v) is 14.9. The number of amides is 2. The quantitative estimate of drug-likeness (QED) is 0.903. The minimum Gasteiger partial charge on any atom is -0.374 e. The third-order valence-electron chi connectivity index (χ3n) is 4.52. The molecule has 1 aromatic heterocycles. The summed E-state index contributed by atoms with van der Waals surface area (Å²) in [6.07, 6.45) is 3.69. The molecule has 1 aliphatic heterocycles. The number of ether oxygens (including phenoxy) is 1. The van der Waals surface area contributed by atoms with Gasteiger partial charge in [0.05, 0.1) is 18.4 Å². The molecule has 0 aliphatic carbocycles. The maximum absolute atomic E-state index is 12.4. The Balaban J connectivity index is 1.46. The first-order valence-electron chi connectivity index (χ1n) is 8.79. The lowest BCUT2D eigenvalue weighted by atomic mass is 10.1. The molecule has 3 rings (SSSR count). The summed E-state index contributed by atoms with van der Waals surface area (Å²) in [6, 6.07) is 10.3. The molecule has 0 unspecified atom stereocenters. The minimum atomic E-state index is -0.0112. The van der Waals surface area contributed by atoms with Crippen molar-refractivity contribution in [1.29, 1.82) is 0 Å². The maximum atomic E-state index is 12.4. The van der Waals surface area contributed by atoms with Crippen LogP contribution in [0.1, 0.15) is 16.8 Å². The van der Waals surface area contributed by atoms with E-state index in [0.717, 1.165) is 18.5 Å². The smallest absolute Gasteiger partial charge is 0.317 e. The van der Waals surface area contributed by atoms with Crippen LogP contribution in [-0.2, 0) is 24.6 Å². The molecule has 134 valence electrons. The van der Waals surface area contributed by atoms with Crippen LogP contribution < -0.4 is 5.32 Å². The number of hydrogen-bond acceptors (Lipinski definition) is 3. The predicted octanol–water partition coefficient (Wildman–Crippen LogP) is 1.92. The molecule has 0 bridgehead atoms. The summed E-state index contributed by atoms with van der Waals surface area (Å²) in [5.74, 6) is 0. The van der Waals surface area contributed by atoms with E-state index in [9.17, 15) is 4.79 Å². The first-order valence-corrected chi connectivity index (χ1v) is 8.79. The summed E-state index contributed by atoms with van der Waals surface area (Å²) in [5.41, 5.74) is 3.43. The number of nitrogens with zero attached hydrogens (tertiary/aromatic N) is 3. The normalized spacial score (nSPS) is 17.5. The van der Waals surface area contributed by atoms with Crippen LogP contribution in [0.3, 0.4) is 0 Å². The maximum Gasteiger partial charge on any atom is 0.317 e. The third-order valence-corrected chi connectivity index (χ3v) is 4.52. The monoisotopic (exact) mass is 342 g/mol. The van der Waals surface area contributed by atoms with Crippen LogP contribution in [0.5, 0.6) is 0 Å². The van der Waals surface area contributed by atoms with Crippen LogP contribution in [-0.4, -0.2) is 53.1 Å². The van der Waals surface area contributed by atoms with Gasteiger partial charge in [0, 0.05) is 39.3 Å². The molecule has 1 N–H and O–H groups in total. The molecule has 1 atom stereocenters. The molecule has 25 heavy (non-hydrogen) atoms. The average Bonchev–Trinajstić information content (AvgIpc) is 2.93. The zero-order chi connectivity index (χ0) is 17.6. The highest BCUT2D eigenvalue weighted by Gasteiger charge is 2.24. The number of carbonyl (C=O) groups is 1. The Labute approximate surface area is 148 Å². The van der Waals surface area contributed by atoms with Crippen LogP contribution in [0.4, 0.5) is 4.79 Å². The number of carbonyl (C=O) groups excluding carboxylic acids is 1. The molecule has 6 nitrogen and oxygen atoms in total. The Kier molecular flexibility index (Phi) is 5.71. The fourth-order valence-electron chi connectivity index (χ4n) is 3.21. The summed E-state index contributed by atoms with van der Waals surface area (Å²) < 4.78 is 7.63. The SMILES string of the molecule is Cc1nn(C)cc1CCNC(=O)N1CCO[C@@H](Cc2ccccc2)C1. The standard InChI is InChI=1S/C19H26N4O2/c1-15-17(13-22(2)21-15)8-9-20-19(24)23-10-11-25-18(14-23)12-16-6-4-3-5-7-16/h3-7,13,18H,8-12,14H2,1-2H3,(H,20,24)/t18-/m0/s1. The molecule has 2 aromatic rings. The topological polar surface area (TPSA) is 59.4 Å². The van der Waals surface area contributed by atoms with Crippen molar-refractivity contribution in [2.24, 2.45) is 7.05 Å². The molecule has 2 amide bonds. The summed E-state index contributed by atoms with van der Waals surface area (Å²) in [6.45, 7) is 4.47. The molecule has 0 spiro atoms. The lowest BCUT2D eigenvalue weighted by molar-refractivity contribution is -0.0132. The molecule has 1 aromatic carbocycles. The highest BCUT2D eigenvalue weighted by molar-refractivity contribution is 5.74. The number of hydrogen-bond donors (Lipinski definition) is 1. The first kappa shape index (κ1) is 17.5. The van der Waals surface area contributed by atoms with E-state index >= 15 is 0 Å². The van der Waals surface area contributed by atoms with E-state index in [1.165, 1.54) is 11.1 Å². The highest BCUT2D eigenvalue weighted by Crippen LogP contribution is 2.12. The Morgan fingerprint density at radius 2 is 2.16 bits per heavy atom.